The summed E-state index contributed by atoms with van der Waals surface area (Å²) in [6, 6.07) is 17.4. The van der Waals surface area contributed by atoms with Crippen molar-refractivity contribution in [1.29, 1.82) is 0 Å². The summed E-state index contributed by atoms with van der Waals surface area (Å²) in [5, 5.41) is 5.97. The first-order valence-electron chi connectivity index (χ1n) is 7.51. The third kappa shape index (κ3) is 5.22. The first-order chi connectivity index (χ1) is 10.8. The normalized spacial score (nSPS) is 10.2. The number of amides is 1. The smallest absolute Gasteiger partial charge is 0.220 e. The molecule has 2 rings (SSSR count). The van der Waals surface area contributed by atoms with Crippen LogP contribution < -0.4 is 15.4 Å². The van der Waals surface area contributed by atoms with Gasteiger partial charge >= 0.3 is 0 Å². The summed E-state index contributed by atoms with van der Waals surface area (Å²) in [6.45, 7) is 1.32. The molecular formula is C18H22N2O2. The molecule has 0 saturated carbocycles. The molecule has 0 aromatic heterocycles. The second-order valence-electron chi connectivity index (χ2n) is 5.01. The number of carbonyl (C=O) groups excluding carboxylic acids is 1. The second kappa shape index (κ2) is 8.85. The molecule has 116 valence electrons. The fourth-order valence-electron chi connectivity index (χ4n) is 2.07. The van der Waals surface area contributed by atoms with Crippen molar-refractivity contribution < 1.29 is 9.53 Å². The lowest BCUT2D eigenvalue weighted by Gasteiger charge is -2.12. The molecule has 2 aromatic carbocycles. The number of para-hydroxylation sites is 2. The minimum absolute atomic E-state index is 0.0600. The Morgan fingerprint density at radius 1 is 1.05 bits per heavy atom. The number of ether oxygens (including phenoxy) is 1. The van der Waals surface area contributed by atoms with Gasteiger partial charge in [-0.1, -0.05) is 36.4 Å². The summed E-state index contributed by atoms with van der Waals surface area (Å²) in [5.41, 5.74) is 0.966. The Morgan fingerprint density at radius 3 is 2.55 bits per heavy atom. The predicted octanol–water partition coefficient (Wildman–Crippen LogP) is 3.09. The van der Waals surface area contributed by atoms with Crippen LogP contribution in [0.4, 0.5) is 0 Å². The topological polar surface area (TPSA) is 50.4 Å². The van der Waals surface area contributed by atoms with Crippen LogP contribution in [0.25, 0.3) is 0 Å². The minimum atomic E-state index is 0.0600. The average Bonchev–Trinajstić information content (AvgIpc) is 2.55. The van der Waals surface area contributed by atoms with Gasteiger partial charge in [-0.15, -0.1) is 0 Å². The van der Waals surface area contributed by atoms with Crippen molar-refractivity contribution in [3.05, 3.63) is 60.2 Å². The Balaban J connectivity index is 1.92. The van der Waals surface area contributed by atoms with Crippen LogP contribution in [0.15, 0.2) is 54.6 Å². The molecule has 2 aromatic rings. The van der Waals surface area contributed by atoms with Gasteiger partial charge in [0, 0.05) is 18.5 Å². The van der Waals surface area contributed by atoms with E-state index in [1.165, 1.54) is 0 Å². The van der Waals surface area contributed by atoms with Crippen molar-refractivity contribution in [1.82, 2.24) is 10.6 Å². The molecule has 0 unspecified atom stereocenters. The third-order valence-corrected chi connectivity index (χ3v) is 3.25. The fraction of sp³-hybridized carbons (Fsp3) is 0.278. The summed E-state index contributed by atoms with van der Waals surface area (Å²) in [4.78, 5) is 11.8. The lowest BCUT2D eigenvalue weighted by atomic mass is 10.2. The molecule has 4 heteroatoms. The van der Waals surface area contributed by atoms with Crippen molar-refractivity contribution in [3.8, 4) is 11.5 Å². The zero-order valence-corrected chi connectivity index (χ0v) is 12.8. The van der Waals surface area contributed by atoms with E-state index in [4.69, 9.17) is 4.74 Å². The van der Waals surface area contributed by atoms with E-state index in [9.17, 15) is 4.79 Å². The molecule has 0 aliphatic heterocycles. The van der Waals surface area contributed by atoms with Gasteiger partial charge in [-0.3, -0.25) is 4.79 Å². The van der Waals surface area contributed by atoms with Crippen molar-refractivity contribution in [2.75, 3.05) is 13.6 Å². The first-order valence-corrected chi connectivity index (χ1v) is 7.51. The van der Waals surface area contributed by atoms with Crippen LogP contribution in [0.3, 0.4) is 0 Å². The number of rotatable bonds is 8. The van der Waals surface area contributed by atoms with E-state index < -0.39 is 0 Å². The maximum atomic E-state index is 11.8. The van der Waals surface area contributed by atoms with Crippen molar-refractivity contribution >= 4 is 5.91 Å². The van der Waals surface area contributed by atoms with E-state index in [1.807, 2.05) is 61.6 Å². The van der Waals surface area contributed by atoms with Crippen molar-refractivity contribution in [2.24, 2.45) is 0 Å². The van der Waals surface area contributed by atoms with Crippen LogP contribution >= 0.6 is 0 Å². The van der Waals surface area contributed by atoms with Gasteiger partial charge in [0.2, 0.25) is 5.91 Å². The average molecular weight is 298 g/mol. The van der Waals surface area contributed by atoms with Gasteiger partial charge in [-0.05, 0) is 38.2 Å². The van der Waals surface area contributed by atoms with E-state index in [0.29, 0.717) is 13.0 Å². The zero-order chi connectivity index (χ0) is 15.6. The highest BCUT2D eigenvalue weighted by atomic mass is 16.5. The standard InChI is InChI=1S/C18H22N2O2/c1-19-13-7-12-18(21)20-14-15-8-5-6-11-17(15)22-16-9-3-2-4-10-16/h2-6,8-11,19H,7,12-14H2,1H3,(H,20,21). The van der Waals surface area contributed by atoms with Gasteiger partial charge in [0.05, 0.1) is 0 Å². The van der Waals surface area contributed by atoms with Gasteiger partial charge < -0.3 is 15.4 Å². The van der Waals surface area contributed by atoms with Gasteiger partial charge in [0.25, 0.3) is 0 Å². The van der Waals surface area contributed by atoms with E-state index in [2.05, 4.69) is 10.6 Å². The maximum Gasteiger partial charge on any atom is 0.220 e. The number of hydrogen-bond donors (Lipinski definition) is 2. The largest absolute Gasteiger partial charge is 0.457 e. The van der Waals surface area contributed by atoms with Crippen LogP contribution in [0.5, 0.6) is 11.5 Å². The lowest BCUT2D eigenvalue weighted by molar-refractivity contribution is -0.121. The molecular weight excluding hydrogens is 276 g/mol. The molecule has 0 aliphatic carbocycles. The van der Waals surface area contributed by atoms with Crippen LogP contribution in [0, 0.1) is 0 Å². The van der Waals surface area contributed by atoms with E-state index >= 15 is 0 Å². The van der Waals surface area contributed by atoms with Crippen molar-refractivity contribution in [2.45, 2.75) is 19.4 Å². The summed E-state index contributed by atoms with van der Waals surface area (Å²) in [5.74, 6) is 1.62. The SMILES string of the molecule is CNCCCC(=O)NCc1ccccc1Oc1ccccc1. The Morgan fingerprint density at radius 2 is 1.77 bits per heavy atom. The number of hydrogen-bond acceptors (Lipinski definition) is 3. The molecule has 0 saturated heterocycles. The first kappa shape index (κ1) is 16.0. The molecule has 2 N–H and O–H groups in total. The monoisotopic (exact) mass is 298 g/mol. The van der Waals surface area contributed by atoms with Gasteiger partial charge in [-0.2, -0.15) is 0 Å². The second-order valence-corrected chi connectivity index (χ2v) is 5.01. The molecule has 0 radical (unpaired) electrons. The van der Waals surface area contributed by atoms with Gasteiger partial charge in [-0.25, -0.2) is 0 Å². The molecule has 0 atom stereocenters. The Bertz CT molecular complexity index is 585. The molecule has 0 heterocycles. The number of nitrogens with one attached hydrogen (secondary N) is 2. The maximum absolute atomic E-state index is 11.8. The molecule has 0 fully saturated rings. The predicted molar refractivity (Wildman–Crippen MR) is 88.0 cm³/mol. The zero-order valence-electron chi connectivity index (χ0n) is 12.8. The van der Waals surface area contributed by atoms with Gasteiger partial charge in [0.1, 0.15) is 11.5 Å². The van der Waals surface area contributed by atoms with Crippen LogP contribution in [0.1, 0.15) is 18.4 Å². The molecule has 4 nitrogen and oxygen atoms in total. The Kier molecular flexibility index (Phi) is 6.45. The van der Waals surface area contributed by atoms with Crippen LogP contribution in [-0.2, 0) is 11.3 Å². The summed E-state index contributed by atoms with van der Waals surface area (Å²) in [6.07, 6.45) is 1.37. The van der Waals surface area contributed by atoms with Crippen LogP contribution in [0.2, 0.25) is 0 Å². The highest BCUT2D eigenvalue weighted by Crippen LogP contribution is 2.24. The number of benzene rings is 2. The van der Waals surface area contributed by atoms with E-state index in [1.54, 1.807) is 0 Å². The Labute approximate surface area is 131 Å². The minimum Gasteiger partial charge on any atom is -0.457 e. The van der Waals surface area contributed by atoms with Crippen LogP contribution in [-0.4, -0.2) is 19.5 Å². The Hall–Kier alpha value is -2.33. The van der Waals surface area contributed by atoms with E-state index in [0.717, 1.165) is 30.0 Å². The number of carbonyl (C=O) groups is 1. The molecule has 0 aliphatic rings. The fourth-order valence-corrected chi connectivity index (χ4v) is 2.07. The van der Waals surface area contributed by atoms with Crippen molar-refractivity contribution in [3.63, 3.8) is 0 Å². The molecule has 1 amide bonds. The lowest BCUT2D eigenvalue weighted by Crippen LogP contribution is -2.23. The summed E-state index contributed by atoms with van der Waals surface area (Å²) < 4.78 is 5.88. The summed E-state index contributed by atoms with van der Waals surface area (Å²) in [7, 11) is 1.88. The van der Waals surface area contributed by atoms with E-state index in [-0.39, 0.29) is 5.91 Å². The highest BCUT2D eigenvalue weighted by Gasteiger charge is 2.06. The molecule has 22 heavy (non-hydrogen) atoms. The van der Waals surface area contributed by atoms with Gasteiger partial charge in [0.15, 0.2) is 0 Å². The molecule has 0 bridgehead atoms. The highest BCUT2D eigenvalue weighted by molar-refractivity contribution is 5.75. The third-order valence-electron chi connectivity index (χ3n) is 3.25. The summed E-state index contributed by atoms with van der Waals surface area (Å²) >= 11 is 0. The quantitative estimate of drug-likeness (QED) is 0.736. The molecule has 0 spiro atoms.